The average Bonchev–Trinajstić information content (AvgIpc) is 2.36. The maximum Gasteiger partial charge on any atom is 0.321 e. The fourth-order valence-electron chi connectivity index (χ4n) is 1.36. The summed E-state index contributed by atoms with van der Waals surface area (Å²) < 4.78 is 15.7. The van der Waals surface area contributed by atoms with Crippen LogP contribution in [-0.4, -0.2) is 32.9 Å². The smallest absolute Gasteiger partial charge is 0.321 e. The minimum Gasteiger partial charge on any atom is -0.497 e. The molecule has 1 N–H and O–H groups in total. The van der Waals surface area contributed by atoms with Gasteiger partial charge in [-0.3, -0.25) is 9.00 Å². The number of ether oxygens (including phenoxy) is 1. The van der Waals surface area contributed by atoms with Gasteiger partial charge in [-0.25, -0.2) is 0 Å². The molecule has 18 heavy (non-hydrogen) atoms. The summed E-state index contributed by atoms with van der Waals surface area (Å²) in [7, 11) is 0.198. The van der Waals surface area contributed by atoms with Crippen LogP contribution >= 0.6 is 0 Å². The predicted octanol–water partition coefficient (Wildman–Crippen LogP) is 1.85. The zero-order valence-electron chi connectivity index (χ0n) is 10.8. The molecule has 1 aromatic rings. The third-order valence-corrected chi connectivity index (χ3v) is 4.71. The largest absolute Gasteiger partial charge is 0.497 e. The summed E-state index contributed by atoms with van der Waals surface area (Å²) in [6.45, 7) is 2.97. The lowest BCUT2D eigenvalue weighted by atomic mass is 10.2. The van der Waals surface area contributed by atoms with E-state index in [2.05, 4.69) is 0 Å². The normalized spacial score (nSPS) is 13.1. The molecule has 1 rings (SSSR count). The molecule has 0 aromatic heterocycles. The highest BCUT2D eigenvalue weighted by Crippen LogP contribution is 2.16. The number of carboxylic acid groups (broad SMARTS) is 1. The molecule has 1 aromatic carbocycles. The van der Waals surface area contributed by atoms with Gasteiger partial charge in [0.1, 0.15) is 10.5 Å². The summed E-state index contributed by atoms with van der Waals surface area (Å²) in [6.07, 6.45) is 0.591. The maximum atomic E-state index is 11.9. The zero-order valence-corrected chi connectivity index (χ0v) is 11.6. The lowest BCUT2D eigenvalue weighted by Crippen LogP contribution is -2.38. The van der Waals surface area contributed by atoms with Crippen LogP contribution in [0.15, 0.2) is 24.3 Å². The van der Waals surface area contributed by atoms with Gasteiger partial charge in [0, 0.05) is 16.6 Å². The van der Waals surface area contributed by atoms with Crippen molar-refractivity contribution in [2.75, 3.05) is 12.9 Å². The second-order valence-corrected chi connectivity index (χ2v) is 6.58. The second kappa shape index (κ2) is 6.00. The third-order valence-electron chi connectivity index (χ3n) is 2.82. The molecule has 0 radical (unpaired) electrons. The first-order valence-corrected chi connectivity index (χ1v) is 6.94. The summed E-state index contributed by atoms with van der Waals surface area (Å²) >= 11 is 0. The molecule has 0 saturated carbocycles. The Bertz CT molecular complexity index is 437. The van der Waals surface area contributed by atoms with Crippen LogP contribution in [0.25, 0.3) is 0 Å². The Balaban J connectivity index is 2.60. The fourth-order valence-corrected chi connectivity index (χ4v) is 2.48. The Morgan fingerprint density at radius 2 is 1.89 bits per heavy atom. The van der Waals surface area contributed by atoms with Crippen LogP contribution in [0.2, 0.25) is 0 Å². The number of carboxylic acids is 1. The molecule has 0 aliphatic heterocycles. The zero-order chi connectivity index (χ0) is 13.8. The molecule has 1 unspecified atom stereocenters. The van der Waals surface area contributed by atoms with E-state index in [0.29, 0.717) is 12.2 Å². The molecule has 5 heteroatoms. The van der Waals surface area contributed by atoms with E-state index in [-0.39, 0.29) is 0 Å². The summed E-state index contributed by atoms with van der Waals surface area (Å²) in [4.78, 5) is 10.9. The average molecular weight is 270 g/mol. The molecule has 0 aliphatic rings. The van der Waals surface area contributed by atoms with Gasteiger partial charge in [-0.05, 0) is 38.0 Å². The van der Waals surface area contributed by atoms with Crippen LogP contribution in [-0.2, 0) is 22.0 Å². The number of benzene rings is 1. The second-order valence-electron chi connectivity index (χ2n) is 4.46. The number of hydrogen-bond acceptors (Lipinski definition) is 3. The van der Waals surface area contributed by atoms with E-state index < -0.39 is 21.5 Å². The van der Waals surface area contributed by atoms with Gasteiger partial charge in [-0.15, -0.1) is 0 Å². The van der Waals surface area contributed by atoms with Crippen molar-refractivity contribution >= 4 is 16.8 Å². The van der Waals surface area contributed by atoms with Crippen molar-refractivity contribution in [3.63, 3.8) is 0 Å². The monoisotopic (exact) mass is 270 g/mol. The Morgan fingerprint density at radius 3 is 2.33 bits per heavy atom. The molecular weight excluding hydrogens is 252 g/mol. The lowest BCUT2D eigenvalue weighted by molar-refractivity contribution is -0.139. The topological polar surface area (TPSA) is 63.6 Å². The summed E-state index contributed by atoms with van der Waals surface area (Å²) in [5.41, 5.74) is 1.02. The van der Waals surface area contributed by atoms with Gasteiger partial charge in [-0.2, -0.15) is 0 Å². The number of methoxy groups -OCH3 is 1. The molecule has 100 valence electrons. The molecule has 0 aliphatic carbocycles. The summed E-state index contributed by atoms with van der Waals surface area (Å²) in [5, 5.41) is 8.97. The lowest BCUT2D eigenvalue weighted by Gasteiger charge is -2.18. The van der Waals surface area contributed by atoms with Crippen molar-refractivity contribution in [3.8, 4) is 5.75 Å². The van der Waals surface area contributed by atoms with Gasteiger partial charge >= 0.3 is 5.97 Å². The molecule has 0 bridgehead atoms. The van der Waals surface area contributed by atoms with Crippen molar-refractivity contribution in [1.82, 2.24) is 0 Å². The van der Waals surface area contributed by atoms with E-state index in [0.717, 1.165) is 11.3 Å². The van der Waals surface area contributed by atoms with E-state index in [4.69, 9.17) is 9.84 Å². The van der Waals surface area contributed by atoms with Crippen molar-refractivity contribution in [2.24, 2.45) is 0 Å². The number of aliphatic carboxylic acids is 1. The van der Waals surface area contributed by atoms with E-state index in [9.17, 15) is 9.00 Å². The molecule has 0 fully saturated rings. The molecule has 0 heterocycles. The van der Waals surface area contributed by atoms with E-state index >= 15 is 0 Å². The SMILES string of the molecule is COc1ccc(CCS(=O)C(C)(C)C(=O)O)cc1. The Morgan fingerprint density at radius 1 is 1.33 bits per heavy atom. The quantitative estimate of drug-likeness (QED) is 0.857. The molecular formula is C13H18O4S. The van der Waals surface area contributed by atoms with Crippen LogP contribution in [0.1, 0.15) is 19.4 Å². The summed E-state index contributed by atoms with van der Waals surface area (Å²) in [6, 6.07) is 7.45. The van der Waals surface area contributed by atoms with E-state index in [1.165, 1.54) is 13.8 Å². The first kappa shape index (κ1) is 14.7. The highest BCUT2D eigenvalue weighted by molar-refractivity contribution is 7.87. The Kier molecular flexibility index (Phi) is 4.90. The van der Waals surface area contributed by atoms with Crippen LogP contribution in [0.3, 0.4) is 0 Å². The molecule has 1 atom stereocenters. The number of carbonyl (C=O) groups is 1. The Hall–Kier alpha value is -1.36. The van der Waals surface area contributed by atoms with Crippen molar-refractivity contribution < 1.29 is 18.8 Å². The highest BCUT2D eigenvalue weighted by atomic mass is 32.2. The minimum atomic E-state index is -1.40. The molecule has 0 amide bonds. The molecule has 4 nitrogen and oxygen atoms in total. The summed E-state index contributed by atoms with van der Waals surface area (Å²) in [5.74, 6) is 0.0762. The first-order valence-electron chi connectivity index (χ1n) is 5.62. The third kappa shape index (κ3) is 3.57. The number of hydrogen-bond donors (Lipinski definition) is 1. The predicted molar refractivity (Wildman–Crippen MR) is 71.4 cm³/mol. The first-order chi connectivity index (χ1) is 8.37. The van der Waals surface area contributed by atoms with Gasteiger partial charge in [0.15, 0.2) is 0 Å². The van der Waals surface area contributed by atoms with Crippen molar-refractivity contribution in [3.05, 3.63) is 29.8 Å². The van der Waals surface area contributed by atoms with E-state index in [1.807, 2.05) is 24.3 Å². The van der Waals surface area contributed by atoms with Crippen LogP contribution in [0.4, 0.5) is 0 Å². The van der Waals surface area contributed by atoms with Gasteiger partial charge in [0.25, 0.3) is 0 Å². The Labute approximate surface area is 109 Å². The molecule has 0 saturated heterocycles. The minimum absolute atomic E-state index is 0.339. The van der Waals surface area contributed by atoms with Gasteiger partial charge in [0.05, 0.1) is 7.11 Å². The van der Waals surface area contributed by atoms with Crippen LogP contribution < -0.4 is 4.74 Å². The van der Waals surface area contributed by atoms with E-state index in [1.54, 1.807) is 7.11 Å². The van der Waals surface area contributed by atoms with Gasteiger partial charge in [-0.1, -0.05) is 12.1 Å². The highest BCUT2D eigenvalue weighted by Gasteiger charge is 2.33. The molecule has 0 spiro atoms. The van der Waals surface area contributed by atoms with Gasteiger partial charge < -0.3 is 9.84 Å². The number of rotatable bonds is 6. The van der Waals surface area contributed by atoms with Gasteiger partial charge in [0.2, 0.25) is 0 Å². The van der Waals surface area contributed by atoms with Crippen LogP contribution in [0.5, 0.6) is 5.75 Å². The van der Waals surface area contributed by atoms with Crippen molar-refractivity contribution in [1.29, 1.82) is 0 Å². The van der Waals surface area contributed by atoms with Crippen LogP contribution in [0, 0.1) is 0 Å². The standard InChI is InChI=1S/C13H18O4S/c1-13(2,12(14)15)18(16)9-8-10-4-6-11(17-3)7-5-10/h4-7H,8-9H2,1-3H3,(H,14,15). The maximum absolute atomic E-state index is 11.9. The van der Waals surface area contributed by atoms with Crippen molar-refractivity contribution in [2.45, 2.75) is 25.0 Å². The fraction of sp³-hybridized carbons (Fsp3) is 0.462. The number of aryl methyl sites for hydroxylation is 1.